The van der Waals surface area contributed by atoms with Crippen LogP contribution in [0.3, 0.4) is 0 Å². The third-order valence-electron chi connectivity index (χ3n) is 4.86. The SMILES string of the molecule is Cc1ccoc1C(=O)N[C@H]1CC(=O)N(Cc2cccc3ccccc23)C1. The molecule has 0 bridgehead atoms. The molecule has 0 radical (unpaired) electrons. The zero-order chi connectivity index (χ0) is 18.1. The van der Waals surface area contributed by atoms with Crippen LogP contribution >= 0.6 is 0 Å². The van der Waals surface area contributed by atoms with Crippen LogP contribution < -0.4 is 5.32 Å². The molecule has 26 heavy (non-hydrogen) atoms. The van der Waals surface area contributed by atoms with Gasteiger partial charge in [-0.15, -0.1) is 0 Å². The molecule has 5 heteroatoms. The molecular weight excluding hydrogens is 328 g/mol. The number of hydrogen-bond donors (Lipinski definition) is 1. The second-order valence-corrected chi connectivity index (χ2v) is 6.72. The smallest absolute Gasteiger partial charge is 0.287 e. The maximum atomic E-state index is 12.4. The Morgan fingerprint density at radius 2 is 2.00 bits per heavy atom. The summed E-state index contributed by atoms with van der Waals surface area (Å²) in [5.41, 5.74) is 1.91. The lowest BCUT2D eigenvalue weighted by Crippen LogP contribution is -2.37. The van der Waals surface area contributed by atoms with Crippen molar-refractivity contribution in [3.63, 3.8) is 0 Å². The van der Waals surface area contributed by atoms with Gasteiger partial charge in [-0.05, 0) is 29.3 Å². The van der Waals surface area contributed by atoms with Crippen molar-refractivity contribution in [1.82, 2.24) is 10.2 Å². The van der Waals surface area contributed by atoms with Gasteiger partial charge >= 0.3 is 0 Å². The summed E-state index contributed by atoms with van der Waals surface area (Å²) in [6.07, 6.45) is 1.81. The van der Waals surface area contributed by atoms with Crippen LogP contribution in [0, 0.1) is 6.92 Å². The Kier molecular flexibility index (Phi) is 4.21. The minimum absolute atomic E-state index is 0.0550. The Balaban J connectivity index is 1.46. The Bertz CT molecular complexity index is 971. The van der Waals surface area contributed by atoms with Gasteiger partial charge < -0.3 is 14.6 Å². The lowest BCUT2D eigenvalue weighted by Gasteiger charge is -2.18. The van der Waals surface area contributed by atoms with Crippen LogP contribution in [-0.4, -0.2) is 29.3 Å². The Morgan fingerprint density at radius 1 is 1.19 bits per heavy atom. The van der Waals surface area contributed by atoms with E-state index >= 15 is 0 Å². The van der Waals surface area contributed by atoms with Crippen molar-refractivity contribution in [2.75, 3.05) is 6.54 Å². The predicted octanol–water partition coefficient (Wildman–Crippen LogP) is 3.27. The number of furan rings is 1. The minimum atomic E-state index is -0.266. The van der Waals surface area contributed by atoms with E-state index in [1.807, 2.05) is 36.1 Å². The molecule has 2 aromatic carbocycles. The van der Waals surface area contributed by atoms with Crippen LogP contribution in [0.1, 0.15) is 28.1 Å². The maximum Gasteiger partial charge on any atom is 0.287 e. The molecule has 0 spiro atoms. The highest BCUT2D eigenvalue weighted by Crippen LogP contribution is 2.22. The first kappa shape index (κ1) is 16.4. The fourth-order valence-electron chi connectivity index (χ4n) is 3.51. The summed E-state index contributed by atoms with van der Waals surface area (Å²) in [4.78, 5) is 26.5. The molecule has 3 aromatic rings. The molecule has 1 aliphatic rings. The van der Waals surface area contributed by atoms with E-state index in [1.54, 1.807) is 6.07 Å². The fraction of sp³-hybridized carbons (Fsp3) is 0.238. The van der Waals surface area contributed by atoms with Crippen molar-refractivity contribution < 1.29 is 14.0 Å². The monoisotopic (exact) mass is 348 g/mol. The number of nitrogens with one attached hydrogen (secondary N) is 1. The van der Waals surface area contributed by atoms with Gasteiger partial charge in [0.15, 0.2) is 5.76 Å². The zero-order valence-electron chi connectivity index (χ0n) is 14.6. The van der Waals surface area contributed by atoms with Crippen LogP contribution in [0.2, 0.25) is 0 Å². The summed E-state index contributed by atoms with van der Waals surface area (Å²) in [6.45, 7) is 2.88. The number of rotatable bonds is 4. The quantitative estimate of drug-likeness (QED) is 0.787. The summed E-state index contributed by atoms with van der Waals surface area (Å²) in [7, 11) is 0. The summed E-state index contributed by atoms with van der Waals surface area (Å²) in [5.74, 6) is 0.0988. The van der Waals surface area contributed by atoms with Crippen molar-refractivity contribution in [2.24, 2.45) is 0 Å². The van der Waals surface area contributed by atoms with Gasteiger partial charge in [-0.25, -0.2) is 0 Å². The average molecular weight is 348 g/mol. The molecule has 1 aliphatic heterocycles. The molecule has 1 N–H and O–H groups in total. The molecule has 0 unspecified atom stereocenters. The van der Waals surface area contributed by atoms with E-state index in [2.05, 4.69) is 23.5 Å². The standard InChI is InChI=1S/C21H20N2O3/c1-14-9-10-26-20(14)21(25)22-17-11-19(24)23(13-17)12-16-7-4-6-15-5-2-3-8-18(15)16/h2-10,17H,11-13H2,1H3,(H,22,25)/t17-/m0/s1. The third kappa shape index (κ3) is 3.08. The molecule has 4 rings (SSSR count). The number of nitrogens with zero attached hydrogens (tertiary/aromatic N) is 1. The largest absolute Gasteiger partial charge is 0.459 e. The predicted molar refractivity (Wildman–Crippen MR) is 98.7 cm³/mol. The van der Waals surface area contributed by atoms with Crippen LogP contribution in [0.5, 0.6) is 0 Å². The number of hydrogen-bond acceptors (Lipinski definition) is 3. The van der Waals surface area contributed by atoms with Gasteiger partial charge in [0.25, 0.3) is 5.91 Å². The van der Waals surface area contributed by atoms with Gasteiger partial charge in [0.2, 0.25) is 5.91 Å². The van der Waals surface area contributed by atoms with Crippen molar-refractivity contribution in [2.45, 2.75) is 25.9 Å². The van der Waals surface area contributed by atoms with E-state index in [0.29, 0.717) is 25.3 Å². The Morgan fingerprint density at radius 3 is 2.81 bits per heavy atom. The summed E-state index contributed by atoms with van der Waals surface area (Å²) >= 11 is 0. The third-order valence-corrected chi connectivity index (χ3v) is 4.86. The molecule has 1 fully saturated rings. The van der Waals surface area contributed by atoms with Crippen LogP contribution in [0.15, 0.2) is 59.2 Å². The topological polar surface area (TPSA) is 62.6 Å². The number of likely N-dealkylation sites (tertiary alicyclic amines) is 1. The van der Waals surface area contributed by atoms with Crippen molar-refractivity contribution in [3.8, 4) is 0 Å². The van der Waals surface area contributed by atoms with E-state index in [9.17, 15) is 9.59 Å². The second-order valence-electron chi connectivity index (χ2n) is 6.72. The minimum Gasteiger partial charge on any atom is -0.459 e. The molecule has 2 heterocycles. The van der Waals surface area contributed by atoms with E-state index in [0.717, 1.165) is 21.9 Å². The number of carbonyl (C=O) groups excluding carboxylic acids is 2. The van der Waals surface area contributed by atoms with E-state index < -0.39 is 0 Å². The molecule has 132 valence electrons. The van der Waals surface area contributed by atoms with Crippen molar-refractivity contribution in [3.05, 3.63) is 71.7 Å². The Hall–Kier alpha value is -3.08. The van der Waals surface area contributed by atoms with Gasteiger partial charge in [0, 0.05) is 25.1 Å². The molecule has 1 aromatic heterocycles. The highest BCUT2D eigenvalue weighted by Gasteiger charge is 2.31. The molecular formula is C21H20N2O3. The fourth-order valence-corrected chi connectivity index (χ4v) is 3.51. The van der Waals surface area contributed by atoms with Gasteiger partial charge in [-0.3, -0.25) is 9.59 Å². The molecule has 2 amide bonds. The normalized spacial score (nSPS) is 17.0. The van der Waals surface area contributed by atoms with Crippen molar-refractivity contribution >= 4 is 22.6 Å². The number of aryl methyl sites for hydroxylation is 1. The first-order chi connectivity index (χ1) is 12.6. The van der Waals surface area contributed by atoms with Crippen LogP contribution in [0.25, 0.3) is 10.8 Å². The number of benzene rings is 2. The van der Waals surface area contributed by atoms with Gasteiger partial charge in [0.1, 0.15) is 0 Å². The first-order valence-corrected chi connectivity index (χ1v) is 8.71. The van der Waals surface area contributed by atoms with Gasteiger partial charge in [0.05, 0.1) is 12.3 Å². The first-order valence-electron chi connectivity index (χ1n) is 8.71. The Labute approximate surface area is 151 Å². The molecule has 1 saturated heterocycles. The summed E-state index contributed by atoms with van der Waals surface area (Å²) < 4.78 is 5.22. The average Bonchev–Trinajstić information content (AvgIpc) is 3.21. The molecule has 1 atom stereocenters. The van der Waals surface area contributed by atoms with E-state index in [1.165, 1.54) is 6.26 Å². The summed E-state index contributed by atoms with van der Waals surface area (Å²) in [6, 6.07) is 15.8. The van der Waals surface area contributed by atoms with E-state index in [4.69, 9.17) is 4.42 Å². The lowest BCUT2D eigenvalue weighted by atomic mass is 10.0. The highest BCUT2D eigenvalue weighted by atomic mass is 16.3. The second kappa shape index (κ2) is 6.67. The lowest BCUT2D eigenvalue weighted by molar-refractivity contribution is -0.128. The number of fused-ring (bicyclic) bond motifs is 1. The van der Waals surface area contributed by atoms with Crippen LogP contribution in [0.4, 0.5) is 0 Å². The van der Waals surface area contributed by atoms with Crippen molar-refractivity contribution in [1.29, 1.82) is 0 Å². The maximum absolute atomic E-state index is 12.4. The summed E-state index contributed by atoms with van der Waals surface area (Å²) in [5, 5.41) is 5.23. The van der Waals surface area contributed by atoms with Gasteiger partial charge in [-0.1, -0.05) is 42.5 Å². The van der Waals surface area contributed by atoms with E-state index in [-0.39, 0.29) is 17.9 Å². The zero-order valence-corrected chi connectivity index (χ0v) is 14.6. The molecule has 5 nitrogen and oxygen atoms in total. The van der Waals surface area contributed by atoms with Crippen LogP contribution in [-0.2, 0) is 11.3 Å². The number of amides is 2. The highest BCUT2D eigenvalue weighted by molar-refractivity contribution is 5.94. The molecule has 0 saturated carbocycles. The molecule has 0 aliphatic carbocycles. The van der Waals surface area contributed by atoms with Gasteiger partial charge in [-0.2, -0.15) is 0 Å². The number of carbonyl (C=O) groups is 2.